The van der Waals surface area contributed by atoms with Gasteiger partial charge in [0.1, 0.15) is 6.61 Å². The fourth-order valence-corrected chi connectivity index (χ4v) is 1.06. The molecule has 0 atom stereocenters. The number of likely N-dealkylation sites (N-methyl/N-ethyl adjacent to an activating group) is 1. The lowest BCUT2D eigenvalue weighted by Gasteiger charge is -2.18. The van der Waals surface area contributed by atoms with Crippen molar-refractivity contribution in [3.8, 4) is 0 Å². The third-order valence-electron chi connectivity index (χ3n) is 1.78. The van der Waals surface area contributed by atoms with Gasteiger partial charge >= 0.3 is 6.16 Å². The number of carbonyl (C=O) groups is 1. The first kappa shape index (κ1) is 12.2. The van der Waals surface area contributed by atoms with Crippen LogP contribution in [0.2, 0.25) is 0 Å². The number of hydrogen-bond donors (Lipinski definition) is 0. The number of carbonyl (C=O) groups excluding carboxylic acids is 1. The highest BCUT2D eigenvalue weighted by Gasteiger charge is 2.03. The minimum atomic E-state index is -0.604. The summed E-state index contributed by atoms with van der Waals surface area (Å²) in [5.74, 6) is 0. The third-order valence-corrected chi connectivity index (χ3v) is 1.78. The van der Waals surface area contributed by atoms with E-state index in [9.17, 15) is 4.79 Å². The van der Waals surface area contributed by atoms with Crippen LogP contribution in [0.5, 0.6) is 0 Å². The first-order valence-electron chi connectivity index (χ1n) is 4.67. The highest BCUT2D eigenvalue weighted by atomic mass is 16.7. The SMILES string of the molecule is CCCN(CC)CCOC(=O)OC. The first-order valence-corrected chi connectivity index (χ1v) is 4.67. The maximum Gasteiger partial charge on any atom is 0.508 e. The second kappa shape index (κ2) is 7.86. The minimum absolute atomic E-state index is 0.403. The number of methoxy groups -OCH3 is 1. The van der Waals surface area contributed by atoms with Crippen LogP contribution in [-0.2, 0) is 9.47 Å². The molecule has 0 N–H and O–H groups in total. The lowest BCUT2D eigenvalue weighted by molar-refractivity contribution is 0.0641. The molecule has 0 aliphatic heterocycles. The van der Waals surface area contributed by atoms with Crippen molar-refractivity contribution in [1.29, 1.82) is 0 Å². The van der Waals surface area contributed by atoms with Gasteiger partial charge in [-0.15, -0.1) is 0 Å². The summed E-state index contributed by atoms with van der Waals surface area (Å²) in [6, 6.07) is 0. The Balaban J connectivity index is 3.42. The maximum atomic E-state index is 10.6. The van der Waals surface area contributed by atoms with Gasteiger partial charge in [-0.2, -0.15) is 0 Å². The van der Waals surface area contributed by atoms with Gasteiger partial charge in [-0.3, -0.25) is 0 Å². The average Bonchev–Trinajstić information content (AvgIpc) is 2.16. The highest BCUT2D eigenvalue weighted by Crippen LogP contribution is 1.91. The Bertz CT molecular complexity index is 139. The fraction of sp³-hybridized carbons (Fsp3) is 0.889. The van der Waals surface area contributed by atoms with Crippen LogP contribution in [0.1, 0.15) is 20.3 Å². The molecule has 13 heavy (non-hydrogen) atoms. The summed E-state index contributed by atoms with van der Waals surface area (Å²) in [4.78, 5) is 12.8. The van der Waals surface area contributed by atoms with Gasteiger partial charge in [-0.1, -0.05) is 13.8 Å². The summed E-state index contributed by atoms with van der Waals surface area (Å²) in [6.07, 6.45) is 0.513. The third kappa shape index (κ3) is 6.40. The standard InChI is InChI=1S/C9H19NO3/c1-4-6-10(5-2)7-8-13-9(11)12-3/h4-8H2,1-3H3. The molecule has 0 saturated carbocycles. The van der Waals surface area contributed by atoms with Crippen LogP contribution in [0.3, 0.4) is 0 Å². The van der Waals surface area contributed by atoms with Gasteiger partial charge in [0.05, 0.1) is 7.11 Å². The van der Waals surface area contributed by atoms with Gasteiger partial charge in [0.15, 0.2) is 0 Å². The molecule has 0 radical (unpaired) electrons. The molecule has 0 fully saturated rings. The average molecular weight is 189 g/mol. The molecule has 0 amide bonds. The Hall–Kier alpha value is -0.770. The van der Waals surface area contributed by atoms with E-state index >= 15 is 0 Å². The summed E-state index contributed by atoms with van der Waals surface area (Å²) in [7, 11) is 1.31. The van der Waals surface area contributed by atoms with Crippen LogP contribution in [0, 0.1) is 0 Å². The van der Waals surface area contributed by atoms with E-state index in [1.807, 2.05) is 0 Å². The number of hydrogen-bond acceptors (Lipinski definition) is 4. The molecular formula is C9H19NO3. The van der Waals surface area contributed by atoms with Crippen LogP contribution < -0.4 is 0 Å². The van der Waals surface area contributed by atoms with E-state index in [1.165, 1.54) is 7.11 Å². The van der Waals surface area contributed by atoms with E-state index in [0.29, 0.717) is 6.61 Å². The van der Waals surface area contributed by atoms with Crippen LogP contribution in [0.15, 0.2) is 0 Å². The molecule has 0 aromatic rings. The molecule has 0 aliphatic rings. The van der Waals surface area contributed by atoms with Gasteiger partial charge < -0.3 is 14.4 Å². The predicted molar refractivity (Wildman–Crippen MR) is 50.8 cm³/mol. The molecule has 0 aromatic carbocycles. The Morgan fingerprint density at radius 3 is 2.46 bits per heavy atom. The van der Waals surface area contributed by atoms with Crippen molar-refractivity contribution < 1.29 is 14.3 Å². The monoisotopic (exact) mass is 189 g/mol. The molecule has 78 valence electrons. The fourth-order valence-electron chi connectivity index (χ4n) is 1.06. The van der Waals surface area contributed by atoms with Crippen molar-refractivity contribution in [3.05, 3.63) is 0 Å². The molecule has 0 spiro atoms. The van der Waals surface area contributed by atoms with Crippen LogP contribution >= 0.6 is 0 Å². The Morgan fingerprint density at radius 1 is 1.31 bits per heavy atom. The number of rotatable bonds is 6. The van der Waals surface area contributed by atoms with Gasteiger partial charge in [0.2, 0.25) is 0 Å². The van der Waals surface area contributed by atoms with Crippen LogP contribution in [0.25, 0.3) is 0 Å². The van der Waals surface area contributed by atoms with Gasteiger partial charge in [0, 0.05) is 6.54 Å². The Morgan fingerprint density at radius 2 is 2.00 bits per heavy atom. The zero-order valence-electron chi connectivity index (χ0n) is 8.71. The highest BCUT2D eigenvalue weighted by molar-refractivity contribution is 5.59. The summed E-state index contributed by atoms with van der Waals surface area (Å²) < 4.78 is 9.11. The van der Waals surface area contributed by atoms with Crippen molar-refractivity contribution in [2.24, 2.45) is 0 Å². The molecule has 4 nitrogen and oxygen atoms in total. The summed E-state index contributed by atoms with van der Waals surface area (Å²) in [6.45, 7) is 7.43. The largest absolute Gasteiger partial charge is 0.508 e. The second-order valence-corrected chi connectivity index (χ2v) is 2.74. The van der Waals surface area contributed by atoms with Crippen molar-refractivity contribution >= 4 is 6.16 Å². The van der Waals surface area contributed by atoms with Gasteiger partial charge in [0.25, 0.3) is 0 Å². The van der Waals surface area contributed by atoms with E-state index in [2.05, 4.69) is 23.5 Å². The summed E-state index contributed by atoms with van der Waals surface area (Å²) in [5, 5.41) is 0. The zero-order valence-corrected chi connectivity index (χ0v) is 8.71. The number of ether oxygens (including phenoxy) is 2. The lowest BCUT2D eigenvalue weighted by atomic mass is 10.4. The van der Waals surface area contributed by atoms with E-state index < -0.39 is 6.16 Å². The van der Waals surface area contributed by atoms with Crippen molar-refractivity contribution in [2.75, 3.05) is 33.4 Å². The van der Waals surface area contributed by atoms with E-state index in [1.54, 1.807) is 0 Å². The maximum absolute atomic E-state index is 10.6. The Labute approximate surface area is 79.8 Å². The molecule has 0 aromatic heterocycles. The minimum Gasteiger partial charge on any atom is -0.438 e. The molecule has 0 bridgehead atoms. The van der Waals surface area contributed by atoms with E-state index in [4.69, 9.17) is 4.74 Å². The van der Waals surface area contributed by atoms with Crippen molar-refractivity contribution in [2.45, 2.75) is 20.3 Å². The van der Waals surface area contributed by atoms with E-state index in [0.717, 1.165) is 26.1 Å². The normalized spacial score (nSPS) is 10.2. The smallest absolute Gasteiger partial charge is 0.438 e. The van der Waals surface area contributed by atoms with Gasteiger partial charge in [-0.05, 0) is 19.5 Å². The van der Waals surface area contributed by atoms with Crippen molar-refractivity contribution in [1.82, 2.24) is 4.90 Å². The number of nitrogens with zero attached hydrogens (tertiary/aromatic N) is 1. The second-order valence-electron chi connectivity index (χ2n) is 2.74. The summed E-state index contributed by atoms with van der Waals surface area (Å²) >= 11 is 0. The molecule has 0 heterocycles. The Kier molecular flexibility index (Phi) is 7.39. The molecule has 0 saturated heterocycles. The van der Waals surface area contributed by atoms with Crippen LogP contribution in [-0.4, -0.2) is 44.4 Å². The van der Waals surface area contributed by atoms with E-state index in [-0.39, 0.29) is 0 Å². The molecular weight excluding hydrogens is 170 g/mol. The lowest BCUT2D eigenvalue weighted by Crippen LogP contribution is -2.28. The molecule has 4 heteroatoms. The molecule has 0 rings (SSSR count). The van der Waals surface area contributed by atoms with Crippen molar-refractivity contribution in [3.63, 3.8) is 0 Å². The first-order chi connectivity index (χ1) is 6.24. The van der Waals surface area contributed by atoms with Crippen LogP contribution in [0.4, 0.5) is 4.79 Å². The molecule has 0 aliphatic carbocycles. The topological polar surface area (TPSA) is 38.8 Å². The zero-order chi connectivity index (χ0) is 10.1. The predicted octanol–water partition coefficient (Wildman–Crippen LogP) is 1.50. The molecule has 0 unspecified atom stereocenters. The van der Waals surface area contributed by atoms with Gasteiger partial charge in [-0.25, -0.2) is 4.79 Å². The quantitative estimate of drug-likeness (QED) is 0.593. The summed E-state index contributed by atoms with van der Waals surface area (Å²) in [5.41, 5.74) is 0.